The van der Waals surface area contributed by atoms with Crippen molar-refractivity contribution < 1.29 is 9.53 Å². The van der Waals surface area contributed by atoms with Gasteiger partial charge in [0.05, 0.1) is 6.20 Å². The van der Waals surface area contributed by atoms with Crippen molar-refractivity contribution in [3.8, 4) is 5.75 Å². The van der Waals surface area contributed by atoms with Crippen molar-refractivity contribution in [2.75, 3.05) is 13.2 Å². The van der Waals surface area contributed by atoms with Gasteiger partial charge in [-0.15, -0.1) is 0 Å². The highest BCUT2D eigenvalue weighted by molar-refractivity contribution is 9.10. The molecule has 0 unspecified atom stereocenters. The van der Waals surface area contributed by atoms with E-state index in [0.717, 1.165) is 33.8 Å². The molecule has 6 heteroatoms. The molecule has 3 rings (SSSR count). The summed E-state index contributed by atoms with van der Waals surface area (Å²) in [5, 5.41) is 12.0. The first kappa shape index (κ1) is 17.5. The molecule has 0 aliphatic carbocycles. The SMILES string of the molecule is Cc1[nH]ncc1CCCNC(=O)COc1ccc2cc(Br)ccc2c1. The second-order valence-electron chi connectivity index (χ2n) is 5.92. The van der Waals surface area contributed by atoms with Gasteiger partial charge < -0.3 is 10.1 Å². The van der Waals surface area contributed by atoms with E-state index in [2.05, 4.69) is 31.4 Å². The third kappa shape index (κ3) is 4.82. The maximum Gasteiger partial charge on any atom is 0.257 e. The number of aromatic nitrogens is 2. The van der Waals surface area contributed by atoms with E-state index < -0.39 is 0 Å². The Hall–Kier alpha value is -2.34. The summed E-state index contributed by atoms with van der Waals surface area (Å²) in [6, 6.07) is 11.9. The number of ether oxygens (including phenoxy) is 1. The lowest BCUT2D eigenvalue weighted by Crippen LogP contribution is -2.29. The van der Waals surface area contributed by atoms with Crippen LogP contribution in [0.2, 0.25) is 0 Å². The topological polar surface area (TPSA) is 67.0 Å². The van der Waals surface area contributed by atoms with Crippen LogP contribution in [0, 0.1) is 6.92 Å². The van der Waals surface area contributed by atoms with Crippen molar-refractivity contribution >= 4 is 32.6 Å². The van der Waals surface area contributed by atoms with Crippen LogP contribution in [0.1, 0.15) is 17.7 Å². The van der Waals surface area contributed by atoms with Crippen molar-refractivity contribution in [3.05, 3.63) is 58.3 Å². The van der Waals surface area contributed by atoms with Gasteiger partial charge in [-0.3, -0.25) is 9.89 Å². The summed E-state index contributed by atoms with van der Waals surface area (Å²) in [5.74, 6) is 0.582. The second-order valence-corrected chi connectivity index (χ2v) is 6.83. The maximum absolute atomic E-state index is 11.9. The van der Waals surface area contributed by atoms with E-state index in [1.165, 1.54) is 5.56 Å². The van der Waals surface area contributed by atoms with Crippen molar-refractivity contribution in [3.63, 3.8) is 0 Å². The zero-order chi connectivity index (χ0) is 17.6. The maximum atomic E-state index is 11.9. The van der Waals surface area contributed by atoms with E-state index in [-0.39, 0.29) is 12.5 Å². The van der Waals surface area contributed by atoms with E-state index in [1.807, 2.05) is 49.5 Å². The van der Waals surface area contributed by atoms with Gasteiger partial charge in [0.25, 0.3) is 5.91 Å². The quantitative estimate of drug-likeness (QED) is 0.592. The largest absolute Gasteiger partial charge is 0.484 e. The molecule has 2 N–H and O–H groups in total. The van der Waals surface area contributed by atoms with Crippen molar-refractivity contribution in [2.24, 2.45) is 0 Å². The molecule has 3 aromatic rings. The predicted octanol–water partition coefficient (Wildman–Crippen LogP) is 3.76. The zero-order valence-electron chi connectivity index (χ0n) is 14.0. The summed E-state index contributed by atoms with van der Waals surface area (Å²) < 4.78 is 6.63. The number of H-pyrrole nitrogens is 1. The monoisotopic (exact) mass is 401 g/mol. The Morgan fingerprint density at radius 3 is 2.84 bits per heavy atom. The highest BCUT2D eigenvalue weighted by Crippen LogP contribution is 2.24. The van der Waals surface area contributed by atoms with Gasteiger partial charge in [-0.1, -0.05) is 28.1 Å². The first-order chi connectivity index (χ1) is 12.1. The van der Waals surface area contributed by atoms with E-state index in [4.69, 9.17) is 4.74 Å². The third-order valence-electron chi connectivity index (χ3n) is 4.02. The number of nitrogens with zero attached hydrogens (tertiary/aromatic N) is 1. The van der Waals surface area contributed by atoms with Crippen LogP contribution in [0.3, 0.4) is 0 Å². The van der Waals surface area contributed by atoms with Gasteiger partial charge in [-0.2, -0.15) is 5.10 Å². The molecule has 1 aromatic heterocycles. The highest BCUT2D eigenvalue weighted by atomic mass is 79.9. The number of fused-ring (bicyclic) bond motifs is 1. The molecular formula is C19H20BrN3O2. The number of aromatic amines is 1. The Labute approximate surface area is 154 Å². The first-order valence-corrected chi connectivity index (χ1v) is 8.99. The standard InChI is InChI=1S/C19H20BrN3O2/c1-13-16(11-22-23-13)3-2-8-21-19(24)12-25-18-7-5-14-9-17(20)6-4-15(14)10-18/h4-7,9-11H,2-3,8,12H2,1H3,(H,21,24)(H,22,23). The Bertz CT molecular complexity index is 876. The highest BCUT2D eigenvalue weighted by Gasteiger charge is 2.05. The smallest absolute Gasteiger partial charge is 0.257 e. The van der Waals surface area contributed by atoms with E-state index in [1.54, 1.807) is 0 Å². The second kappa shape index (κ2) is 8.16. The van der Waals surface area contributed by atoms with Gasteiger partial charge in [0.15, 0.2) is 6.61 Å². The number of benzene rings is 2. The summed E-state index contributed by atoms with van der Waals surface area (Å²) in [6.07, 6.45) is 3.60. The van der Waals surface area contributed by atoms with Crippen LogP contribution in [0.25, 0.3) is 10.8 Å². The van der Waals surface area contributed by atoms with Crippen molar-refractivity contribution in [1.82, 2.24) is 15.5 Å². The minimum atomic E-state index is -0.111. The molecule has 0 aliphatic heterocycles. The van der Waals surface area contributed by atoms with Gasteiger partial charge in [0, 0.05) is 16.7 Å². The van der Waals surface area contributed by atoms with Crippen LogP contribution in [0.15, 0.2) is 47.1 Å². The molecule has 0 fully saturated rings. The number of aryl methyl sites for hydroxylation is 2. The summed E-state index contributed by atoms with van der Waals surface area (Å²) in [6.45, 7) is 2.64. The van der Waals surface area contributed by atoms with Gasteiger partial charge in [0.1, 0.15) is 5.75 Å². The number of hydrogen-bond acceptors (Lipinski definition) is 3. The number of rotatable bonds is 7. The van der Waals surface area contributed by atoms with Crippen LogP contribution in [-0.4, -0.2) is 29.3 Å². The van der Waals surface area contributed by atoms with Crippen LogP contribution in [0.4, 0.5) is 0 Å². The Kier molecular flexibility index (Phi) is 5.71. The summed E-state index contributed by atoms with van der Waals surface area (Å²) >= 11 is 3.46. The normalized spacial score (nSPS) is 10.8. The van der Waals surface area contributed by atoms with Crippen LogP contribution in [-0.2, 0) is 11.2 Å². The van der Waals surface area contributed by atoms with Crippen LogP contribution in [0.5, 0.6) is 5.75 Å². The molecule has 0 bridgehead atoms. The summed E-state index contributed by atoms with van der Waals surface area (Å²) in [7, 11) is 0. The molecule has 2 aromatic carbocycles. The minimum absolute atomic E-state index is 0.0206. The molecule has 130 valence electrons. The number of carbonyl (C=O) groups excluding carboxylic acids is 1. The zero-order valence-corrected chi connectivity index (χ0v) is 15.6. The van der Waals surface area contributed by atoms with E-state index >= 15 is 0 Å². The Morgan fingerprint density at radius 2 is 2.04 bits per heavy atom. The molecule has 0 aliphatic rings. The minimum Gasteiger partial charge on any atom is -0.484 e. The molecule has 1 heterocycles. The van der Waals surface area contributed by atoms with Crippen LogP contribution < -0.4 is 10.1 Å². The molecular weight excluding hydrogens is 382 g/mol. The molecule has 5 nitrogen and oxygen atoms in total. The number of amides is 1. The van der Waals surface area contributed by atoms with Gasteiger partial charge in [0.2, 0.25) is 0 Å². The molecule has 1 amide bonds. The lowest BCUT2D eigenvalue weighted by Gasteiger charge is -2.08. The molecule has 0 atom stereocenters. The van der Waals surface area contributed by atoms with Crippen LogP contribution >= 0.6 is 15.9 Å². The average Bonchev–Trinajstić information content (AvgIpc) is 3.02. The lowest BCUT2D eigenvalue weighted by molar-refractivity contribution is -0.123. The van der Waals surface area contributed by atoms with Crippen molar-refractivity contribution in [1.29, 1.82) is 0 Å². The fourth-order valence-corrected chi connectivity index (χ4v) is 3.00. The van der Waals surface area contributed by atoms with E-state index in [0.29, 0.717) is 12.3 Å². The molecule has 0 spiro atoms. The molecule has 0 radical (unpaired) electrons. The lowest BCUT2D eigenvalue weighted by atomic mass is 10.1. The Balaban J connectivity index is 1.42. The average molecular weight is 402 g/mol. The fourth-order valence-electron chi connectivity index (χ4n) is 2.62. The molecule has 0 saturated heterocycles. The molecule has 25 heavy (non-hydrogen) atoms. The van der Waals surface area contributed by atoms with Crippen molar-refractivity contribution in [2.45, 2.75) is 19.8 Å². The third-order valence-corrected chi connectivity index (χ3v) is 4.52. The van der Waals surface area contributed by atoms with Gasteiger partial charge in [-0.25, -0.2) is 0 Å². The van der Waals surface area contributed by atoms with Gasteiger partial charge >= 0.3 is 0 Å². The Morgan fingerprint density at radius 1 is 1.24 bits per heavy atom. The summed E-state index contributed by atoms with van der Waals surface area (Å²) in [4.78, 5) is 11.9. The van der Waals surface area contributed by atoms with E-state index in [9.17, 15) is 4.79 Å². The van der Waals surface area contributed by atoms with Gasteiger partial charge in [-0.05, 0) is 60.4 Å². The molecule has 0 saturated carbocycles. The number of nitrogens with one attached hydrogen (secondary N) is 2. The number of carbonyl (C=O) groups is 1. The first-order valence-electron chi connectivity index (χ1n) is 8.19. The predicted molar refractivity (Wildman–Crippen MR) is 102 cm³/mol. The fraction of sp³-hybridized carbons (Fsp3) is 0.263. The number of halogens is 1. The number of hydrogen-bond donors (Lipinski definition) is 2. The summed E-state index contributed by atoms with van der Waals surface area (Å²) in [5.41, 5.74) is 2.27.